The Morgan fingerprint density at radius 3 is 3.14 bits per heavy atom. The fourth-order valence-corrected chi connectivity index (χ4v) is 1.26. The average molecular weight is 197 g/mol. The Labute approximate surface area is 85.3 Å². The van der Waals surface area contributed by atoms with Gasteiger partial charge in [-0.3, -0.25) is 0 Å². The minimum atomic E-state index is 0.654. The first-order valence-corrected chi connectivity index (χ1v) is 5.09. The van der Waals surface area contributed by atoms with Gasteiger partial charge in [-0.25, -0.2) is 4.98 Å². The van der Waals surface area contributed by atoms with Crippen molar-refractivity contribution in [1.29, 1.82) is 0 Å². The maximum atomic E-state index is 5.48. The van der Waals surface area contributed by atoms with E-state index in [-0.39, 0.29) is 0 Å². The van der Waals surface area contributed by atoms with Gasteiger partial charge in [0, 0.05) is 13.1 Å². The van der Waals surface area contributed by atoms with E-state index in [1.807, 2.05) is 19.6 Å². The number of nitrogens with zero attached hydrogens (tertiary/aromatic N) is 2. The van der Waals surface area contributed by atoms with E-state index in [0.29, 0.717) is 6.61 Å². The van der Waals surface area contributed by atoms with Gasteiger partial charge < -0.3 is 14.6 Å². The molecular weight excluding hydrogens is 178 g/mol. The largest absolute Gasteiger partial charge is 0.374 e. The zero-order valence-corrected chi connectivity index (χ0v) is 8.99. The summed E-state index contributed by atoms with van der Waals surface area (Å²) in [5.74, 6) is 0. The van der Waals surface area contributed by atoms with Gasteiger partial charge in [0.1, 0.15) is 0 Å². The molecule has 0 spiro atoms. The van der Waals surface area contributed by atoms with Crippen LogP contribution in [-0.4, -0.2) is 29.8 Å². The minimum absolute atomic E-state index is 0.654. The highest BCUT2D eigenvalue weighted by Gasteiger charge is 2.00. The average Bonchev–Trinajstić information content (AvgIpc) is 2.61. The molecule has 1 aromatic heterocycles. The molecule has 1 heterocycles. The maximum Gasteiger partial charge on any atom is 0.0948 e. The van der Waals surface area contributed by atoms with E-state index in [4.69, 9.17) is 4.74 Å². The summed E-state index contributed by atoms with van der Waals surface area (Å²) in [7, 11) is 1.92. The quantitative estimate of drug-likeness (QED) is 0.664. The molecule has 0 saturated heterocycles. The minimum Gasteiger partial charge on any atom is -0.374 e. The number of ether oxygens (including phenoxy) is 1. The van der Waals surface area contributed by atoms with Crippen LogP contribution in [0.5, 0.6) is 0 Å². The first kappa shape index (κ1) is 11.2. The number of aryl methyl sites for hydroxylation is 1. The van der Waals surface area contributed by atoms with Gasteiger partial charge in [0.15, 0.2) is 0 Å². The summed E-state index contributed by atoms with van der Waals surface area (Å²) < 4.78 is 7.62. The Kier molecular flexibility index (Phi) is 5.25. The molecular formula is C10H19N3O. The molecule has 0 aliphatic carbocycles. The van der Waals surface area contributed by atoms with Crippen molar-refractivity contribution < 1.29 is 4.74 Å². The zero-order valence-electron chi connectivity index (χ0n) is 8.99. The first-order chi connectivity index (χ1) is 6.88. The van der Waals surface area contributed by atoms with Crippen molar-refractivity contribution >= 4 is 0 Å². The summed E-state index contributed by atoms with van der Waals surface area (Å²) in [5.41, 5.74) is 1.16. The molecule has 14 heavy (non-hydrogen) atoms. The third-order valence-electron chi connectivity index (χ3n) is 2.01. The van der Waals surface area contributed by atoms with Crippen molar-refractivity contribution in [2.45, 2.75) is 26.5 Å². The van der Waals surface area contributed by atoms with Crippen molar-refractivity contribution in [1.82, 2.24) is 14.9 Å². The van der Waals surface area contributed by atoms with Crippen LogP contribution in [0.1, 0.15) is 19.0 Å². The van der Waals surface area contributed by atoms with Crippen LogP contribution in [0, 0.1) is 0 Å². The highest BCUT2D eigenvalue weighted by Crippen LogP contribution is 2.02. The Balaban J connectivity index is 2.30. The number of likely N-dealkylation sites (N-methyl/N-ethyl adjacent to an activating group) is 1. The highest BCUT2D eigenvalue weighted by molar-refractivity contribution is 4.96. The van der Waals surface area contributed by atoms with E-state index in [1.165, 1.54) is 0 Å². The van der Waals surface area contributed by atoms with Gasteiger partial charge in [-0.1, -0.05) is 6.92 Å². The van der Waals surface area contributed by atoms with E-state index in [2.05, 4.69) is 21.8 Å². The Bertz CT molecular complexity index is 247. The molecule has 1 aromatic rings. The maximum absolute atomic E-state index is 5.48. The van der Waals surface area contributed by atoms with Crippen LogP contribution in [0.2, 0.25) is 0 Å². The van der Waals surface area contributed by atoms with Crippen LogP contribution in [0.3, 0.4) is 0 Å². The molecule has 0 radical (unpaired) electrons. The van der Waals surface area contributed by atoms with Crippen LogP contribution in [0.4, 0.5) is 0 Å². The molecule has 0 atom stereocenters. The van der Waals surface area contributed by atoms with Crippen molar-refractivity contribution in [2.24, 2.45) is 0 Å². The van der Waals surface area contributed by atoms with Gasteiger partial charge >= 0.3 is 0 Å². The lowest BCUT2D eigenvalue weighted by molar-refractivity contribution is 0.119. The van der Waals surface area contributed by atoms with Gasteiger partial charge in [0.25, 0.3) is 0 Å². The summed E-state index contributed by atoms with van der Waals surface area (Å²) in [6.07, 6.45) is 4.86. The number of nitrogens with one attached hydrogen (secondary N) is 1. The topological polar surface area (TPSA) is 39.1 Å². The predicted molar refractivity (Wildman–Crippen MR) is 56.1 cm³/mol. The van der Waals surface area contributed by atoms with E-state index in [9.17, 15) is 0 Å². The molecule has 1 rings (SSSR count). The number of rotatable bonds is 7. The van der Waals surface area contributed by atoms with E-state index >= 15 is 0 Å². The van der Waals surface area contributed by atoms with Crippen LogP contribution >= 0.6 is 0 Å². The molecule has 0 aromatic carbocycles. The summed E-state index contributed by atoms with van der Waals surface area (Å²) in [4.78, 5) is 4.11. The smallest absolute Gasteiger partial charge is 0.0948 e. The summed E-state index contributed by atoms with van der Waals surface area (Å²) in [6, 6.07) is 0. The van der Waals surface area contributed by atoms with Crippen LogP contribution in [-0.2, 0) is 17.9 Å². The molecule has 1 N–H and O–H groups in total. The summed E-state index contributed by atoms with van der Waals surface area (Å²) in [5, 5.41) is 3.04. The van der Waals surface area contributed by atoms with Crippen LogP contribution < -0.4 is 5.32 Å². The van der Waals surface area contributed by atoms with Crippen molar-refractivity contribution in [3.05, 3.63) is 18.2 Å². The van der Waals surface area contributed by atoms with Crippen LogP contribution in [0.25, 0.3) is 0 Å². The van der Waals surface area contributed by atoms with Gasteiger partial charge in [0.05, 0.1) is 31.4 Å². The fourth-order valence-electron chi connectivity index (χ4n) is 1.26. The standard InChI is InChI=1S/C10H19N3O/c1-3-5-13-9-12-7-10(13)8-14-6-4-11-2/h7,9,11H,3-6,8H2,1-2H3. The van der Waals surface area contributed by atoms with Gasteiger partial charge in [-0.15, -0.1) is 0 Å². The highest BCUT2D eigenvalue weighted by atomic mass is 16.5. The third kappa shape index (κ3) is 3.47. The van der Waals surface area contributed by atoms with Gasteiger partial charge in [0.2, 0.25) is 0 Å². The molecule has 4 heteroatoms. The van der Waals surface area contributed by atoms with E-state index < -0.39 is 0 Å². The molecule has 0 fully saturated rings. The lowest BCUT2D eigenvalue weighted by Crippen LogP contribution is -2.14. The van der Waals surface area contributed by atoms with Gasteiger partial charge in [-0.05, 0) is 13.5 Å². The number of imidazole rings is 1. The summed E-state index contributed by atoms with van der Waals surface area (Å²) in [6.45, 7) is 5.47. The molecule has 0 aliphatic rings. The van der Waals surface area contributed by atoms with E-state index in [1.54, 1.807) is 0 Å². The van der Waals surface area contributed by atoms with E-state index in [0.717, 1.165) is 31.8 Å². The Hall–Kier alpha value is -0.870. The first-order valence-electron chi connectivity index (χ1n) is 5.09. The second-order valence-electron chi connectivity index (χ2n) is 3.23. The number of hydrogen-bond donors (Lipinski definition) is 1. The molecule has 0 unspecified atom stereocenters. The number of hydrogen-bond acceptors (Lipinski definition) is 3. The molecule has 0 saturated carbocycles. The van der Waals surface area contributed by atoms with Crippen molar-refractivity contribution in [3.63, 3.8) is 0 Å². The molecule has 80 valence electrons. The Morgan fingerprint density at radius 2 is 2.43 bits per heavy atom. The Morgan fingerprint density at radius 1 is 1.57 bits per heavy atom. The normalized spacial score (nSPS) is 10.7. The molecule has 0 amide bonds. The lowest BCUT2D eigenvalue weighted by Gasteiger charge is -2.07. The fraction of sp³-hybridized carbons (Fsp3) is 0.700. The predicted octanol–water partition coefficient (Wildman–Crippen LogP) is 1.03. The van der Waals surface area contributed by atoms with Crippen molar-refractivity contribution in [2.75, 3.05) is 20.2 Å². The zero-order chi connectivity index (χ0) is 10.2. The third-order valence-corrected chi connectivity index (χ3v) is 2.01. The lowest BCUT2D eigenvalue weighted by atomic mass is 10.4. The molecule has 0 aliphatic heterocycles. The second kappa shape index (κ2) is 6.56. The van der Waals surface area contributed by atoms with Gasteiger partial charge in [-0.2, -0.15) is 0 Å². The second-order valence-corrected chi connectivity index (χ2v) is 3.23. The monoisotopic (exact) mass is 197 g/mol. The van der Waals surface area contributed by atoms with Crippen LogP contribution in [0.15, 0.2) is 12.5 Å². The molecule has 4 nitrogen and oxygen atoms in total. The molecule has 0 bridgehead atoms. The number of aromatic nitrogens is 2. The SMILES string of the molecule is CCCn1cncc1COCCNC. The summed E-state index contributed by atoms with van der Waals surface area (Å²) >= 11 is 0. The van der Waals surface area contributed by atoms with Crippen molar-refractivity contribution in [3.8, 4) is 0 Å².